The van der Waals surface area contributed by atoms with Crippen molar-refractivity contribution in [3.63, 3.8) is 0 Å². The van der Waals surface area contributed by atoms with Crippen molar-refractivity contribution in [2.24, 2.45) is 5.41 Å². The Kier molecular flexibility index (Phi) is 4.79. The molecule has 70 valence electrons. The summed E-state index contributed by atoms with van der Waals surface area (Å²) < 4.78 is 0. The maximum absolute atomic E-state index is 11.2. The van der Waals surface area contributed by atoms with Crippen LogP contribution in [0.3, 0.4) is 0 Å². The van der Waals surface area contributed by atoms with Crippen LogP contribution in [0.2, 0.25) is 0 Å². The normalized spacial score (nSPS) is 11.2. The van der Waals surface area contributed by atoms with Crippen LogP contribution in [0, 0.1) is 5.41 Å². The summed E-state index contributed by atoms with van der Waals surface area (Å²) in [7, 11) is 0. The lowest BCUT2D eigenvalue weighted by atomic mass is 9.84. The van der Waals surface area contributed by atoms with Gasteiger partial charge in [0.1, 0.15) is 12.1 Å². The molecule has 0 saturated heterocycles. The first-order chi connectivity index (χ1) is 5.52. The molecular weight excluding hydrogens is 152 g/mol. The summed E-state index contributed by atoms with van der Waals surface area (Å²) in [4.78, 5) is 21.5. The number of rotatable bonds is 6. The van der Waals surface area contributed by atoms with Crippen molar-refractivity contribution in [1.29, 1.82) is 0 Å². The lowest BCUT2D eigenvalue weighted by molar-refractivity contribution is -0.121. The monoisotopic (exact) mass is 170 g/mol. The molecule has 2 nitrogen and oxygen atoms in total. The van der Waals surface area contributed by atoms with E-state index in [1.807, 2.05) is 20.8 Å². The molecule has 2 heteroatoms. The van der Waals surface area contributed by atoms with Crippen molar-refractivity contribution < 1.29 is 9.59 Å². The molecule has 0 radical (unpaired) electrons. The van der Waals surface area contributed by atoms with E-state index in [4.69, 9.17) is 0 Å². The molecule has 0 aromatic rings. The number of carbonyl (C=O) groups excluding carboxylic acids is 2. The molecule has 0 aliphatic rings. The van der Waals surface area contributed by atoms with Crippen molar-refractivity contribution in [3.05, 3.63) is 0 Å². The molecule has 12 heavy (non-hydrogen) atoms. The first-order valence-corrected chi connectivity index (χ1v) is 4.47. The Bertz CT molecular complexity index is 159. The fraction of sp³-hybridized carbons (Fsp3) is 0.800. The molecule has 0 unspecified atom stereocenters. The molecule has 0 aromatic heterocycles. The van der Waals surface area contributed by atoms with E-state index in [-0.39, 0.29) is 11.2 Å². The molecule has 0 heterocycles. The predicted molar refractivity (Wildman–Crippen MR) is 49.0 cm³/mol. The zero-order valence-corrected chi connectivity index (χ0v) is 8.22. The van der Waals surface area contributed by atoms with Crippen LogP contribution in [0.1, 0.15) is 46.5 Å². The van der Waals surface area contributed by atoms with E-state index >= 15 is 0 Å². The zero-order chi connectivity index (χ0) is 9.61. The summed E-state index contributed by atoms with van der Waals surface area (Å²) in [5.41, 5.74) is -0.145. The molecule has 0 saturated carbocycles. The summed E-state index contributed by atoms with van der Waals surface area (Å²) in [6, 6.07) is 0. The van der Waals surface area contributed by atoms with Crippen LogP contribution in [0.5, 0.6) is 0 Å². The van der Waals surface area contributed by atoms with Crippen molar-refractivity contribution in [1.82, 2.24) is 0 Å². The molecule has 0 bridgehead atoms. The van der Waals surface area contributed by atoms with E-state index in [2.05, 4.69) is 0 Å². The highest BCUT2D eigenvalue weighted by Gasteiger charge is 2.20. The fourth-order valence-electron chi connectivity index (χ4n) is 1.20. The van der Waals surface area contributed by atoms with Gasteiger partial charge < -0.3 is 4.79 Å². The van der Waals surface area contributed by atoms with Gasteiger partial charge in [0.2, 0.25) is 0 Å². The largest absolute Gasteiger partial charge is 0.303 e. The molecule has 0 aliphatic heterocycles. The molecule has 0 spiro atoms. The lowest BCUT2D eigenvalue weighted by Gasteiger charge is -2.20. The molecule has 0 rings (SSSR count). The van der Waals surface area contributed by atoms with Gasteiger partial charge in [0.25, 0.3) is 0 Å². The maximum Gasteiger partial charge on any atom is 0.133 e. The van der Waals surface area contributed by atoms with Crippen LogP contribution >= 0.6 is 0 Å². The highest BCUT2D eigenvalue weighted by molar-refractivity contribution is 5.79. The first kappa shape index (κ1) is 11.3. The van der Waals surface area contributed by atoms with Crippen LogP contribution in [0.25, 0.3) is 0 Å². The van der Waals surface area contributed by atoms with Gasteiger partial charge in [-0.2, -0.15) is 0 Å². The Morgan fingerprint density at radius 1 is 1.42 bits per heavy atom. The van der Waals surface area contributed by atoms with Crippen LogP contribution < -0.4 is 0 Å². The molecule has 0 aromatic carbocycles. The standard InChI is InChI=1S/C10H18O2/c1-4-5-9(12)8-10(2,3)6-7-11/h7H,4-6,8H2,1-3H3. The third-order valence-corrected chi connectivity index (χ3v) is 1.84. The van der Waals surface area contributed by atoms with E-state index in [9.17, 15) is 9.59 Å². The maximum atomic E-state index is 11.2. The average Bonchev–Trinajstić information content (AvgIpc) is 1.85. The number of Topliss-reactive ketones (excluding diaryl/α,β-unsaturated/α-hetero) is 1. The Morgan fingerprint density at radius 3 is 2.42 bits per heavy atom. The van der Waals surface area contributed by atoms with Gasteiger partial charge in [0.15, 0.2) is 0 Å². The third kappa shape index (κ3) is 5.05. The molecular formula is C10H18O2. The Labute approximate surface area is 74.3 Å². The second-order valence-corrected chi connectivity index (χ2v) is 4.00. The molecule has 0 atom stereocenters. The third-order valence-electron chi connectivity index (χ3n) is 1.84. The topological polar surface area (TPSA) is 34.1 Å². The van der Waals surface area contributed by atoms with Crippen molar-refractivity contribution >= 4 is 12.1 Å². The highest BCUT2D eigenvalue weighted by Crippen LogP contribution is 2.24. The van der Waals surface area contributed by atoms with E-state index in [0.717, 1.165) is 12.7 Å². The minimum atomic E-state index is -0.145. The SMILES string of the molecule is CCCC(=O)CC(C)(C)CC=O. The quantitative estimate of drug-likeness (QED) is 0.573. The van der Waals surface area contributed by atoms with Gasteiger partial charge in [-0.05, 0) is 11.8 Å². The number of hydrogen-bond donors (Lipinski definition) is 0. The summed E-state index contributed by atoms with van der Waals surface area (Å²) >= 11 is 0. The second-order valence-electron chi connectivity index (χ2n) is 4.00. The van der Waals surface area contributed by atoms with Gasteiger partial charge in [0, 0.05) is 19.3 Å². The van der Waals surface area contributed by atoms with Crippen molar-refractivity contribution in [2.45, 2.75) is 46.5 Å². The van der Waals surface area contributed by atoms with Crippen molar-refractivity contribution in [2.75, 3.05) is 0 Å². The number of hydrogen-bond acceptors (Lipinski definition) is 2. The van der Waals surface area contributed by atoms with Gasteiger partial charge in [0.05, 0.1) is 0 Å². The minimum absolute atomic E-state index is 0.145. The summed E-state index contributed by atoms with van der Waals surface area (Å²) in [5, 5.41) is 0. The minimum Gasteiger partial charge on any atom is -0.303 e. The summed E-state index contributed by atoms with van der Waals surface area (Å²) in [5.74, 6) is 0.268. The smallest absolute Gasteiger partial charge is 0.133 e. The zero-order valence-electron chi connectivity index (χ0n) is 8.22. The Balaban J connectivity index is 3.87. The van der Waals surface area contributed by atoms with Gasteiger partial charge in [-0.1, -0.05) is 20.8 Å². The van der Waals surface area contributed by atoms with Crippen LogP contribution in [0.15, 0.2) is 0 Å². The number of aldehydes is 1. The fourth-order valence-corrected chi connectivity index (χ4v) is 1.20. The first-order valence-electron chi connectivity index (χ1n) is 4.47. The Hall–Kier alpha value is -0.660. The van der Waals surface area contributed by atoms with E-state index in [0.29, 0.717) is 19.3 Å². The van der Waals surface area contributed by atoms with Crippen LogP contribution in [0.4, 0.5) is 0 Å². The van der Waals surface area contributed by atoms with Crippen molar-refractivity contribution in [3.8, 4) is 0 Å². The molecule has 0 aliphatic carbocycles. The van der Waals surface area contributed by atoms with Gasteiger partial charge >= 0.3 is 0 Å². The molecule has 0 fully saturated rings. The number of ketones is 1. The summed E-state index contributed by atoms with van der Waals surface area (Å²) in [6.45, 7) is 5.90. The van der Waals surface area contributed by atoms with Gasteiger partial charge in [-0.25, -0.2) is 0 Å². The van der Waals surface area contributed by atoms with E-state index < -0.39 is 0 Å². The van der Waals surface area contributed by atoms with Gasteiger partial charge in [-0.15, -0.1) is 0 Å². The second kappa shape index (κ2) is 5.07. The predicted octanol–water partition coefficient (Wildman–Crippen LogP) is 2.36. The summed E-state index contributed by atoms with van der Waals surface area (Å²) in [6.07, 6.45) is 3.43. The molecule has 0 N–H and O–H groups in total. The Morgan fingerprint density at radius 2 is 2.00 bits per heavy atom. The van der Waals surface area contributed by atoms with E-state index in [1.54, 1.807) is 0 Å². The highest BCUT2D eigenvalue weighted by atomic mass is 16.1. The molecule has 0 amide bonds. The van der Waals surface area contributed by atoms with Gasteiger partial charge in [-0.3, -0.25) is 4.79 Å². The lowest BCUT2D eigenvalue weighted by Crippen LogP contribution is -2.17. The van der Waals surface area contributed by atoms with E-state index in [1.165, 1.54) is 0 Å². The average molecular weight is 170 g/mol. The number of carbonyl (C=O) groups is 2. The van der Waals surface area contributed by atoms with Crippen LogP contribution in [-0.4, -0.2) is 12.1 Å². The van der Waals surface area contributed by atoms with Crippen LogP contribution in [-0.2, 0) is 9.59 Å².